The highest BCUT2D eigenvalue weighted by atomic mass is 35.5. The van der Waals surface area contributed by atoms with Crippen LogP contribution < -0.4 is 0 Å². The van der Waals surface area contributed by atoms with Crippen LogP contribution in [0.4, 0.5) is 0 Å². The molecule has 20 heavy (non-hydrogen) atoms. The average molecular weight is 308 g/mol. The summed E-state index contributed by atoms with van der Waals surface area (Å²) in [6.07, 6.45) is 2.71. The number of aromatic amines is 1. The van der Waals surface area contributed by atoms with Crippen molar-refractivity contribution in [2.24, 2.45) is 0 Å². The van der Waals surface area contributed by atoms with Crippen molar-refractivity contribution in [2.45, 2.75) is 4.90 Å². The first kappa shape index (κ1) is 13.1. The number of rotatable bonds is 2. The number of nitrogens with one attached hydrogen (secondary N) is 1. The van der Waals surface area contributed by atoms with Gasteiger partial charge in [-0.05, 0) is 30.3 Å². The van der Waals surface area contributed by atoms with Gasteiger partial charge in [-0.15, -0.1) is 0 Å². The van der Waals surface area contributed by atoms with Crippen LogP contribution in [0.15, 0.2) is 41.4 Å². The van der Waals surface area contributed by atoms with Crippen molar-refractivity contribution in [3.05, 3.63) is 41.6 Å². The molecule has 2 heterocycles. The molecule has 0 saturated carbocycles. The normalized spacial score (nSPS) is 11.9. The number of halogens is 1. The Hall–Kier alpha value is -1.92. The molecule has 5 nitrogen and oxygen atoms in total. The molecule has 1 N–H and O–H groups in total. The van der Waals surface area contributed by atoms with E-state index in [-0.39, 0.29) is 4.90 Å². The van der Waals surface area contributed by atoms with E-state index in [9.17, 15) is 8.42 Å². The molecular formula is C13H10ClN3O2S. The Balaban J connectivity index is 2.13. The Kier molecular flexibility index (Phi) is 2.99. The van der Waals surface area contributed by atoms with Crippen LogP contribution in [-0.2, 0) is 9.84 Å². The van der Waals surface area contributed by atoms with Gasteiger partial charge in [-0.3, -0.25) is 4.98 Å². The highest BCUT2D eigenvalue weighted by Crippen LogP contribution is 2.22. The van der Waals surface area contributed by atoms with Crippen molar-refractivity contribution in [1.82, 2.24) is 15.0 Å². The van der Waals surface area contributed by atoms with E-state index in [4.69, 9.17) is 11.6 Å². The van der Waals surface area contributed by atoms with E-state index in [1.54, 1.807) is 24.3 Å². The number of benzene rings is 1. The fraction of sp³-hybridized carbons (Fsp3) is 0.0769. The molecule has 0 unspecified atom stereocenters. The third kappa shape index (κ3) is 2.39. The first-order chi connectivity index (χ1) is 9.43. The number of pyridine rings is 1. The number of hydrogen-bond donors (Lipinski definition) is 1. The smallest absolute Gasteiger partial charge is 0.175 e. The van der Waals surface area contributed by atoms with E-state index in [2.05, 4.69) is 15.0 Å². The summed E-state index contributed by atoms with van der Waals surface area (Å²) >= 11 is 5.79. The third-order valence-electron chi connectivity index (χ3n) is 2.85. The molecule has 0 spiro atoms. The van der Waals surface area contributed by atoms with Crippen molar-refractivity contribution in [3.63, 3.8) is 0 Å². The minimum atomic E-state index is -3.24. The SMILES string of the molecule is CS(=O)(=O)c1ccc2nc(-c3ccc(Cl)cn3)[nH]c2c1. The maximum atomic E-state index is 11.5. The predicted molar refractivity (Wildman–Crippen MR) is 77.4 cm³/mol. The molecule has 0 aliphatic heterocycles. The molecule has 0 bridgehead atoms. The molecule has 2 aromatic heterocycles. The summed E-state index contributed by atoms with van der Waals surface area (Å²) in [6, 6.07) is 8.24. The number of aromatic nitrogens is 3. The summed E-state index contributed by atoms with van der Waals surface area (Å²) < 4.78 is 23.1. The van der Waals surface area contributed by atoms with Gasteiger partial charge in [-0.2, -0.15) is 0 Å². The summed E-state index contributed by atoms with van der Waals surface area (Å²) in [7, 11) is -3.24. The van der Waals surface area contributed by atoms with Crippen LogP contribution >= 0.6 is 11.6 Å². The van der Waals surface area contributed by atoms with E-state index < -0.39 is 9.84 Å². The summed E-state index contributed by atoms with van der Waals surface area (Å²) in [6.45, 7) is 0. The zero-order chi connectivity index (χ0) is 14.3. The number of fused-ring (bicyclic) bond motifs is 1. The molecule has 0 fully saturated rings. The van der Waals surface area contributed by atoms with Crippen molar-refractivity contribution < 1.29 is 8.42 Å². The summed E-state index contributed by atoms with van der Waals surface area (Å²) in [5.74, 6) is 0.572. The fourth-order valence-corrected chi connectivity index (χ4v) is 2.62. The van der Waals surface area contributed by atoms with Crippen molar-refractivity contribution in [2.75, 3.05) is 6.26 Å². The zero-order valence-electron chi connectivity index (χ0n) is 10.5. The Morgan fingerprint density at radius 3 is 2.65 bits per heavy atom. The Morgan fingerprint density at radius 2 is 2.00 bits per heavy atom. The largest absolute Gasteiger partial charge is 0.337 e. The quantitative estimate of drug-likeness (QED) is 0.789. The third-order valence-corrected chi connectivity index (χ3v) is 4.19. The molecule has 0 aliphatic carbocycles. The van der Waals surface area contributed by atoms with Gasteiger partial charge in [0.15, 0.2) is 15.7 Å². The molecule has 0 radical (unpaired) electrons. The van der Waals surface area contributed by atoms with Crippen molar-refractivity contribution in [3.8, 4) is 11.5 Å². The predicted octanol–water partition coefficient (Wildman–Crippen LogP) is 2.68. The maximum absolute atomic E-state index is 11.5. The van der Waals surface area contributed by atoms with Gasteiger partial charge in [0, 0.05) is 12.5 Å². The molecule has 1 aromatic carbocycles. The minimum absolute atomic E-state index is 0.254. The second-order valence-electron chi connectivity index (χ2n) is 4.40. The van der Waals surface area contributed by atoms with Gasteiger partial charge in [0.25, 0.3) is 0 Å². The number of nitrogens with zero attached hydrogens (tertiary/aromatic N) is 2. The Bertz CT molecular complexity index is 886. The van der Waals surface area contributed by atoms with Gasteiger partial charge >= 0.3 is 0 Å². The monoisotopic (exact) mass is 307 g/mol. The summed E-state index contributed by atoms with van der Waals surface area (Å²) in [5, 5.41) is 0.546. The zero-order valence-corrected chi connectivity index (χ0v) is 12.0. The molecule has 0 amide bonds. The highest BCUT2D eigenvalue weighted by molar-refractivity contribution is 7.90. The lowest BCUT2D eigenvalue weighted by Gasteiger charge is -1.96. The van der Waals surface area contributed by atoms with Crippen LogP contribution in [-0.4, -0.2) is 29.6 Å². The van der Waals surface area contributed by atoms with Crippen molar-refractivity contribution in [1.29, 1.82) is 0 Å². The van der Waals surface area contributed by atoms with E-state index in [0.717, 1.165) is 0 Å². The minimum Gasteiger partial charge on any atom is -0.337 e. The van der Waals surface area contributed by atoms with Crippen LogP contribution in [0, 0.1) is 0 Å². The maximum Gasteiger partial charge on any atom is 0.175 e. The van der Waals surface area contributed by atoms with E-state index >= 15 is 0 Å². The number of sulfone groups is 1. The Labute approximate surface area is 120 Å². The molecule has 3 rings (SSSR count). The van der Waals surface area contributed by atoms with E-state index in [1.165, 1.54) is 18.5 Å². The van der Waals surface area contributed by atoms with Gasteiger partial charge in [-0.25, -0.2) is 13.4 Å². The van der Waals surface area contributed by atoms with Crippen LogP contribution in [0.3, 0.4) is 0 Å². The number of imidazole rings is 1. The van der Waals surface area contributed by atoms with E-state index in [1.807, 2.05) is 0 Å². The molecule has 0 aliphatic rings. The second-order valence-corrected chi connectivity index (χ2v) is 6.85. The molecule has 102 valence electrons. The van der Waals surface area contributed by atoms with Gasteiger partial charge in [0.1, 0.15) is 5.69 Å². The van der Waals surface area contributed by atoms with E-state index in [0.29, 0.717) is 27.6 Å². The van der Waals surface area contributed by atoms with Crippen molar-refractivity contribution >= 4 is 32.5 Å². The molecule has 7 heteroatoms. The average Bonchev–Trinajstić information content (AvgIpc) is 2.81. The first-order valence-corrected chi connectivity index (χ1v) is 8.02. The van der Waals surface area contributed by atoms with Gasteiger partial charge < -0.3 is 4.98 Å². The van der Waals surface area contributed by atoms with Crippen LogP contribution in [0.25, 0.3) is 22.6 Å². The van der Waals surface area contributed by atoms with Crippen LogP contribution in [0.1, 0.15) is 0 Å². The topological polar surface area (TPSA) is 75.7 Å². The molecule has 0 atom stereocenters. The highest BCUT2D eigenvalue weighted by Gasteiger charge is 2.11. The van der Waals surface area contributed by atoms with Gasteiger partial charge in [-0.1, -0.05) is 11.6 Å². The molecule has 0 saturated heterocycles. The standard InChI is InChI=1S/C13H10ClN3O2S/c1-20(18,19)9-3-5-10-12(6-9)17-13(16-10)11-4-2-8(14)7-15-11/h2-7H,1H3,(H,16,17). The summed E-state index contributed by atoms with van der Waals surface area (Å²) in [4.78, 5) is 11.9. The van der Waals surface area contributed by atoms with Crippen LogP contribution in [0.5, 0.6) is 0 Å². The summed E-state index contributed by atoms with van der Waals surface area (Å²) in [5.41, 5.74) is 1.98. The Morgan fingerprint density at radius 1 is 1.20 bits per heavy atom. The number of hydrogen-bond acceptors (Lipinski definition) is 4. The molecule has 3 aromatic rings. The van der Waals surface area contributed by atoms with Gasteiger partial charge in [0.2, 0.25) is 0 Å². The van der Waals surface area contributed by atoms with Crippen LogP contribution in [0.2, 0.25) is 5.02 Å². The lowest BCUT2D eigenvalue weighted by molar-refractivity contribution is 0.602. The van der Waals surface area contributed by atoms with Gasteiger partial charge in [0.05, 0.1) is 21.0 Å². The first-order valence-electron chi connectivity index (χ1n) is 5.75. The number of H-pyrrole nitrogens is 1. The lowest BCUT2D eigenvalue weighted by atomic mass is 10.3. The fourth-order valence-electron chi connectivity index (χ4n) is 1.86. The molecular weight excluding hydrogens is 298 g/mol. The second kappa shape index (κ2) is 4.57. The lowest BCUT2D eigenvalue weighted by Crippen LogP contribution is -1.96.